The van der Waals surface area contributed by atoms with E-state index in [-0.39, 0.29) is 5.56 Å². The third kappa shape index (κ3) is 1.83. The minimum Gasteiger partial charge on any atom is -0.477 e. The van der Waals surface area contributed by atoms with Gasteiger partial charge in [0.2, 0.25) is 0 Å². The number of aromatic amines is 1. The summed E-state index contributed by atoms with van der Waals surface area (Å²) < 4.78 is 0. The van der Waals surface area contributed by atoms with Crippen LogP contribution in [0.4, 0.5) is 0 Å². The van der Waals surface area contributed by atoms with Crippen LogP contribution in [0.5, 0.6) is 0 Å². The van der Waals surface area contributed by atoms with Crippen molar-refractivity contribution >= 4 is 5.97 Å². The molecule has 0 bridgehead atoms. The van der Waals surface area contributed by atoms with Crippen molar-refractivity contribution in [1.29, 1.82) is 0 Å². The van der Waals surface area contributed by atoms with E-state index in [1.54, 1.807) is 24.5 Å². The summed E-state index contributed by atoms with van der Waals surface area (Å²) in [4.78, 5) is 30.0. The van der Waals surface area contributed by atoms with Gasteiger partial charge in [0.25, 0.3) is 5.56 Å². The number of nitrogens with one attached hydrogen (secondary N) is 1. The lowest BCUT2D eigenvalue weighted by molar-refractivity contribution is 0.0695. The van der Waals surface area contributed by atoms with Gasteiger partial charge < -0.3 is 10.1 Å². The van der Waals surface area contributed by atoms with E-state index in [4.69, 9.17) is 0 Å². The first-order chi connectivity index (χ1) is 9.18. The normalized spacial score (nSPS) is 13.3. The van der Waals surface area contributed by atoms with Crippen LogP contribution in [0, 0.1) is 0 Å². The summed E-state index contributed by atoms with van der Waals surface area (Å²) in [5.74, 6) is -1.20. The van der Waals surface area contributed by atoms with E-state index >= 15 is 0 Å². The summed E-state index contributed by atoms with van der Waals surface area (Å²) in [6.45, 7) is 0. The number of H-pyrrole nitrogens is 1. The number of hydrogen-bond donors (Lipinski definition) is 2. The fourth-order valence-corrected chi connectivity index (χ4v) is 2.65. The second-order valence-electron chi connectivity index (χ2n) is 4.56. The lowest BCUT2D eigenvalue weighted by Gasteiger charge is -2.11. The molecular formula is C14H12N2O3. The molecular weight excluding hydrogens is 244 g/mol. The van der Waals surface area contributed by atoms with Gasteiger partial charge in [0.1, 0.15) is 5.56 Å². The molecule has 2 N–H and O–H groups in total. The number of aromatic nitrogens is 2. The van der Waals surface area contributed by atoms with Gasteiger partial charge in [-0.1, -0.05) is 6.07 Å². The Balaban J connectivity index is 2.39. The Labute approximate surface area is 108 Å². The van der Waals surface area contributed by atoms with Crippen molar-refractivity contribution in [2.45, 2.75) is 19.3 Å². The van der Waals surface area contributed by atoms with Crippen LogP contribution >= 0.6 is 0 Å². The molecule has 3 rings (SSSR count). The maximum Gasteiger partial charge on any atom is 0.341 e. The van der Waals surface area contributed by atoms with Gasteiger partial charge in [0.15, 0.2) is 0 Å². The van der Waals surface area contributed by atoms with Crippen molar-refractivity contribution < 1.29 is 9.90 Å². The fraction of sp³-hybridized carbons (Fsp3) is 0.214. The van der Waals surface area contributed by atoms with Crippen molar-refractivity contribution in [3.8, 4) is 11.1 Å². The molecule has 5 nitrogen and oxygen atoms in total. The fourth-order valence-electron chi connectivity index (χ4n) is 2.65. The van der Waals surface area contributed by atoms with Crippen LogP contribution in [-0.4, -0.2) is 21.0 Å². The van der Waals surface area contributed by atoms with Crippen LogP contribution in [0.15, 0.2) is 29.3 Å². The van der Waals surface area contributed by atoms with Crippen LogP contribution in [0.2, 0.25) is 0 Å². The number of aryl methyl sites for hydroxylation is 1. The van der Waals surface area contributed by atoms with Gasteiger partial charge in [0, 0.05) is 29.2 Å². The maximum atomic E-state index is 12.0. The van der Waals surface area contributed by atoms with Crippen LogP contribution in [0.25, 0.3) is 11.1 Å². The number of pyridine rings is 2. The average molecular weight is 256 g/mol. The van der Waals surface area contributed by atoms with E-state index < -0.39 is 11.5 Å². The van der Waals surface area contributed by atoms with E-state index in [1.807, 2.05) is 0 Å². The summed E-state index contributed by atoms with van der Waals surface area (Å²) in [5.41, 5.74) is 2.28. The van der Waals surface area contributed by atoms with Gasteiger partial charge in [-0.25, -0.2) is 4.79 Å². The van der Waals surface area contributed by atoms with Crippen molar-refractivity contribution in [3.05, 3.63) is 51.7 Å². The summed E-state index contributed by atoms with van der Waals surface area (Å²) in [6, 6.07) is 3.52. The van der Waals surface area contributed by atoms with Gasteiger partial charge in [-0.15, -0.1) is 0 Å². The Kier molecular flexibility index (Phi) is 2.67. The predicted molar refractivity (Wildman–Crippen MR) is 69.3 cm³/mol. The Morgan fingerprint density at radius 2 is 2.21 bits per heavy atom. The second-order valence-corrected chi connectivity index (χ2v) is 4.56. The molecule has 1 aliphatic carbocycles. The standard InChI is InChI=1S/C14H12N2O3/c17-13-12(14(18)19)11(8-3-2-6-15-7-8)9-4-1-5-10(9)16-13/h2-3,6-7H,1,4-5H2,(H,16,17)(H,18,19). The van der Waals surface area contributed by atoms with E-state index in [0.717, 1.165) is 30.5 Å². The molecule has 0 unspecified atom stereocenters. The van der Waals surface area contributed by atoms with Gasteiger partial charge >= 0.3 is 5.97 Å². The SMILES string of the molecule is O=C(O)c1c(-c2cccnc2)c2c([nH]c1=O)CCC2. The van der Waals surface area contributed by atoms with Crippen molar-refractivity contribution in [2.24, 2.45) is 0 Å². The molecule has 2 heterocycles. The van der Waals surface area contributed by atoms with Crippen LogP contribution < -0.4 is 5.56 Å². The Morgan fingerprint density at radius 3 is 2.89 bits per heavy atom. The number of carboxylic acid groups (broad SMARTS) is 1. The van der Waals surface area contributed by atoms with Crippen molar-refractivity contribution in [2.75, 3.05) is 0 Å². The molecule has 96 valence electrons. The van der Waals surface area contributed by atoms with Crippen LogP contribution in [0.1, 0.15) is 28.0 Å². The molecule has 0 radical (unpaired) electrons. The molecule has 19 heavy (non-hydrogen) atoms. The zero-order valence-corrected chi connectivity index (χ0v) is 10.1. The van der Waals surface area contributed by atoms with E-state index in [0.29, 0.717) is 11.1 Å². The highest BCUT2D eigenvalue weighted by molar-refractivity contribution is 5.96. The number of nitrogens with zero attached hydrogens (tertiary/aromatic N) is 1. The molecule has 0 atom stereocenters. The molecule has 0 amide bonds. The van der Waals surface area contributed by atoms with Gasteiger partial charge in [-0.05, 0) is 30.9 Å². The number of carbonyl (C=O) groups is 1. The second kappa shape index (κ2) is 4.35. The molecule has 2 aromatic heterocycles. The predicted octanol–water partition coefficient (Wildman–Crippen LogP) is 1.62. The third-order valence-electron chi connectivity index (χ3n) is 3.43. The molecule has 0 saturated carbocycles. The maximum absolute atomic E-state index is 12.0. The van der Waals surface area contributed by atoms with Gasteiger partial charge in [-0.3, -0.25) is 9.78 Å². The number of hydrogen-bond acceptors (Lipinski definition) is 3. The quantitative estimate of drug-likeness (QED) is 0.855. The van der Waals surface area contributed by atoms with Gasteiger partial charge in [-0.2, -0.15) is 0 Å². The minimum atomic E-state index is -1.20. The van der Waals surface area contributed by atoms with Crippen LogP contribution in [0.3, 0.4) is 0 Å². The smallest absolute Gasteiger partial charge is 0.341 e. The largest absolute Gasteiger partial charge is 0.477 e. The summed E-state index contributed by atoms with van der Waals surface area (Å²) in [7, 11) is 0. The third-order valence-corrected chi connectivity index (χ3v) is 3.43. The topological polar surface area (TPSA) is 83.0 Å². The highest BCUT2D eigenvalue weighted by atomic mass is 16.4. The molecule has 0 spiro atoms. The number of fused-ring (bicyclic) bond motifs is 1. The van der Waals surface area contributed by atoms with Crippen molar-refractivity contribution in [3.63, 3.8) is 0 Å². The van der Waals surface area contributed by atoms with E-state index in [1.165, 1.54) is 0 Å². The molecule has 2 aromatic rings. The lowest BCUT2D eigenvalue weighted by atomic mass is 9.96. The zero-order valence-electron chi connectivity index (χ0n) is 10.1. The lowest BCUT2D eigenvalue weighted by Crippen LogP contribution is -2.21. The summed E-state index contributed by atoms with van der Waals surface area (Å²) >= 11 is 0. The first-order valence-corrected chi connectivity index (χ1v) is 6.10. The molecule has 0 saturated heterocycles. The van der Waals surface area contributed by atoms with Crippen molar-refractivity contribution in [1.82, 2.24) is 9.97 Å². The Morgan fingerprint density at radius 1 is 1.37 bits per heavy atom. The van der Waals surface area contributed by atoms with E-state index in [2.05, 4.69) is 9.97 Å². The highest BCUT2D eigenvalue weighted by Crippen LogP contribution is 2.32. The molecule has 0 aromatic carbocycles. The summed E-state index contributed by atoms with van der Waals surface area (Å²) in [6.07, 6.45) is 5.73. The summed E-state index contributed by atoms with van der Waals surface area (Å²) in [5, 5.41) is 9.30. The average Bonchev–Trinajstić information content (AvgIpc) is 2.85. The first-order valence-electron chi connectivity index (χ1n) is 6.10. The molecule has 5 heteroatoms. The van der Waals surface area contributed by atoms with E-state index in [9.17, 15) is 14.7 Å². The minimum absolute atomic E-state index is 0.186. The Hall–Kier alpha value is -2.43. The monoisotopic (exact) mass is 256 g/mol. The zero-order chi connectivity index (χ0) is 13.4. The number of carboxylic acids is 1. The number of aromatic carboxylic acids is 1. The number of rotatable bonds is 2. The van der Waals surface area contributed by atoms with Crippen LogP contribution in [-0.2, 0) is 12.8 Å². The molecule has 0 aliphatic heterocycles. The highest BCUT2D eigenvalue weighted by Gasteiger charge is 2.25. The van der Waals surface area contributed by atoms with Gasteiger partial charge in [0.05, 0.1) is 0 Å². The molecule has 0 fully saturated rings. The first kappa shape index (κ1) is 11.6. The molecule has 1 aliphatic rings. The Bertz CT molecular complexity index is 705.